The van der Waals surface area contributed by atoms with Gasteiger partial charge in [0, 0.05) is 6.04 Å². The van der Waals surface area contributed by atoms with Crippen molar-refractivity contribution >= 4 is 22.8 Å². The first kappa shape index (κ1) is 12.2. The van der Waals surface area contributed by atoms with Crippen molar-refractivity contribution in [2.45, 2.75) is 39.2 Å². The van der Waals surface area contributed by atoms with E-state index in [-0.39, 0.29) is 5.95 Å². The molecule has 3 unspecified atom stereocenters. The minimum absolute atomic E-state index is 0.275. The van der Waals surface area contributed by atoms with Crippen LogP contribution in [0, 0.1) is 11.8 Å². The first-order valence-corrected chi connectivity index (χ1v) is 6.92. The molecule has 0 spiro atoms. The molecule has 102 valence electrons. The van der Waals surface area contributed by atoms with Crippen LogP contribution in [-0.4, -0.2) is 26.2 Å². The van der Waals surface area contributed by atoms with Gasteiger partial charge in [-0.1, -0.05) is 20.3 Å². The maximum atomic E-state index is 5.74. The molecule has 0 radical (unpaired) electrons. The van der Waals surface area contributed by atoms with Crippen LogP contribution >= 0.6 is 0 Å². The molecule has 6 heteroatoms. The monoisotopic (exact) mass is 260 g/mol. The molecule has 2 aromatic heterocycles. The van der Waals surface area contributed by atoms with Gasteiger partial charge in [0.25, 0.3) is 0 Å². The number of nitrogens with one attached hydrogen (secondary N) is 2. The van der Waals surface area contributed by atoms with Crippen LogP contribution in [0.4, 0.5) is 11.8 Å². The Morgan fingerprint density at radius 2 is 2.26 bits per heavy atom. The van der Waals surface area contributed by atoms with E-state index in [2.05, 4.69) is 39.3 Å². The zero-order valence-corrected chi connectivity index (χ0v) is 11.3. The van der Waals surface area contributed by atoms with Crippen LogP contribution in [0.3, 0.4) is 0 Å². The predicted octanol–water partition coefficient (Wildman–Crippen LogP) is 2.17. The lowest BCUT2D eigenvalue weighted by molar-refractivity contribution is 0.391. The van der Waals surface area contributed by atoms with E-state index in [1.807, 2.05) is 0 Å². The molecule has 2 heterocycles. The number of fused-ring (bicyclic) bond motifs is 1. The van der Waals surface area contributed by atoms with Crippen LogP contribution < -0.4 is 11.1 Å². The van der Waals surface area contributed by atoms with Crippen LogP contribution in [0.15, 0.2) is 6.20 Å². The van der Waals surface area contributed by atoms with Crippen molar-refractivity contribution in [2.75, 3.05) is 11.1 Å². The van der Waals surface area contributed by atoms with Gasteiger partial charge in [-0.3, -0.25) is 5.10 Å². The Labute approximate surface area is 112 Å². The number of aromatic nitrogens is 4. The molecular formula is C13H20N6. The summed E-state index contributed by atoms with van der Waals surface area (Å²) < 4.78 is 0. The van der Waals surface area contributed by atoms with Crippen molar-refractivity contribution in [2.24, 2.45) is 11.8 Å². The summed E-state index contributed by atoms with van der Waals surface area (Å²) in [7, 11) is 0. The Balaban J connectivity index is 1.87. The van der Waals surface area contributed by atoms with Crippen LogP contribution in [0.25, 0.3) is 11.0 Å². The minimum Gasteiger partial charge on any atom is -0.368 e. The Morgan fingerprint density at radius 3 is 3.00 bits per heavy atom. The fourth-order valence-corrected chi connectivity index (χ4v) is 3.17. The van der Waals surface area contributed by atoms with E-state index in [4.69, 9.17) is 5.73 Å². The molecule has 1 aliphatic carbocycles. The first-order valence-electron chi connectivity index (χ1n) is 6.92. The molecule has 3 atom stereocenters. The number of nitrogens with two attached hydrogens (primary N) is 1. The summed E-state index contributed by atoms with van der Waals surface area (Å²) in [6.45, 7) is 4.58. The van der Waals surface area contributed by atoms with Crippen molar-refractivity contribution in [1.29, 1.82) is 0 Å². The van der Waals surface area contributed by atoms with E-state index in [1.54, 1.807) is 6.20 Å². The largest absolute Gasteiger partial charge is 0.368 e. The summed E-state index contributed by atoms with van der Waals surface area (Å²) in [5.41, 5.74) is 6.42. The number of aromatic amines is 1. The maximum Gasteiger partial charge on any atom is 0.224 e. The quantitative estimate of drug-likeness (QED) is 0.786. The number of nitrogen functional groups attached to an aromatic ring is 1. The number of H-pyrrole nitrogens is 1. The van der Waals surface area contributed by atoms with Crippen molar-refractivity contribution in [3.05, 3.63) is 6.20 Å². The maximum absolute atomic E-state index is 5.74. The van der Waals surface area contributed by atoms with Gasteiger partial charge in [0.05, 0.1) is 11.6 Å². The Bertz CT molecular complexity index is 578. The number of rotatable bonds is 3. The molecule has 19 heavy (non-hydrogen) atoms. The third kappa shape index (κ3) is 2.11. The van der Waals surface area contributed by atoms with Gasteiger partial charge in [-0.15, -0.1) is 0 Å². The number of hydrogen-bond donors (Lipinski definition) is 3. The molecule has 1 saturated carbocycles. The Morgan fingerprint density at radius 1 is 1.42 bits per heavy atom. The summed E-state index contributed by atoms with van der Waals surface area (Å²) in [6.07, 6.45) is 5.45. The summed E-state index contributed by atoms with van der Waals surface area (Å²) in [5.74, 6) is 2.53. The molecule has 0 aliphatic heterocycles. The van der Waals surface area contributed by atoms with Crippen molar-refractivity contribution < 1.29 is 0 Å². The normalized spacial score (nSPS) is 26.9. The van der Waals surface area contributed by atoms with Gasteiger partial charge in [0.15, 0.2) is 5.65 Å². The highest BCUT2D eigenvalue weighted by Gasteiger charge is 2.32. The molecule has 2 aromatic rings. The third-order valence-corrected chi connectivity index (χ3v) is 4.40. The summed E-state index contributed by atoms with van der Waals surface area (Å²) in [4.78, 5) is 8.45. The molecule has 0 bridgehead atoms. The van der Waals surface area contributed by atoms with Gasteiger partial charge in [0.2, 0.25) is 5.95 Å². The van der Waals surface area contributed by atoms with E-state index in [0.29, 0.717) is 17.6 Å². The van der Waals surface area contributed by atoms with Crippen LogP contribution in [0.5, 0.6) is 0 Å². The van der Waals surface area contributed by atoms with Crippen LogP contribution in [0.2, 0.25) is 0 Å². The lowest BCUT2D eigenvalue weighted by atomic mass is 9.93. The fraction of sp³-hybridized carbons (Fsp3) is 0.615. The van der Waals surface area contributed by atoms with E-state index < -0.39 is 0 Å². The number of hydrogen-bond acceptors (Lipinski definition) is 5. The average Bonchev–Trinajstić information content (AvgIpc) is 2.97. The summed E-state index contributed by atoms with van der Waals surface area (Å²) in [6, 6.07) is 0.456. The molecule has 3 rings (SSSR count). The summed E-state index contributed by atoms with van der Waals surface area (Å²) >= 11 is 0. The lowest BCUT2D eigenvalue weighted by Crippen LogP contribution is -2.25. The molecule has 1 fully saturated rings. The topological polar surface area (TPSA) is 92.5 Å². The van der Waals surface area contributed by atoms with Gasteiger partial charge in [-0.05, 0) is 24.7 Å². The van der Waals surface area contributed by atoms with E-state index in [0.717, 1.165) is 17.1 Å². The first-order chi connectivity index (χ1) is 9.19. The Kier molecular flexibility index (Phi) is 3.00. The van der Waals surface area contributed by atoms with Crippen molar-refractivity contribution in [1.82, 2.24) is 20.2 Å². The highest BCUT2D eigenvalue weighted by molar-refractivity contribution is 5.86. The van der Waals surface area contributed by atoms with Gasteiger partial charge in [-0.25, -0.2) is 0 Å². The molecule has 0 amide bonds. The smallest absolute Gasteiger partial charge is 0.224 e. The second kappa shape index (κ2) is 4.68. The SMILES string of the molecule is CCC1CCC(Nc2nc(N)nc3[nH]ncc23)C1C. The average molecular weight is 260 g/mol. The van der Waals surface area contributed by atoms with Gasteiger partial charge < -0.3 is 11.1 Å². The van der Waals surface area contributed by atoms with Gasteiger partial charge >= 0.3 is 0 Å². The zero-order chi connectivity index (χ0) is 13.4. The highest BCUT2D eigenvalue weighted by Crippen LogP contribution is 2.36. The third-order valence-electron chi connectivity index (χ3n) is 4.40. The van der Waals surface area contributed by atoms with Gasteiger partial charge in [0.1, 0.15) is 5.82 Å². The molecule has 0 saturated heterocycles. The zero-order valence-electron chi connectivity index (χ0n) is 11.3. The van der Waals surface area contributed by atoms with Crippen molar-refractivity contribution in [3.63, 3.8) is 0 Å². The highest BCUT2D eigenvalue weighted by atomic mass is 15.2. The molecule has 0 aromatic carbocycles. The fourth-order valence-electron chi connectivity index (χ4n) is 3.17. The van der Waals surface area contributed by atoms with E-state index >= 15 is 0 Å². The Hall–Kier alpha value is -1.85. The number of anilines is 2. The van der Waals surface area contributed by atoms with E-state index in [1.165, 1.54) is 19.3 Å². The van der Waals surface area contributed by atoms with E-state index in [9.17, 15) is 0 Å². The second-order valence-corrected chi connectivity index (χ2v) is 5.42. The molecule has 4 N–H and O–H groups in total. The van der Waals surface area contributed by atoms with Crippen LogP contribution in [0.1, 0.15) is 33.1 Å². The molecule has 1 aliphatic rings. The number of nitrogens with zero attached hydrogens (tertiary/aromatic N) is 3. The standard InChI is InChI=1S/C13H20N6/c1-3-8-4-5-10(7(8)2)16-11-9-6-15-19-12(9)18-13(14)17-11/h6-8,10H,3-5H2,1-2H3,(H4,14,15,16,17,18,19). The van der Waals surface area contributed by atoms with Crippen LogP contribution in [-0.2, 0) is 0 Å². The molecule has 6 nitrogen and oxygen atoms in total. The summed E-state index contributed by atoms with van der Waals surface area (Å²) in [5, 5.41) is 11.3. The second-order valence-electron chi connectivity index (χ2n) is 5.42. The van der Waals surface area contributed by atoms with Gasteiger partial charge in [-0.2, -0.15) is 15.1 Å². The van der Waals surface area contributed by atoms with Crippen molar-refractivity contribution in [3.8, 4) is 0 Å². The molecular weight excluding hydrogens is 240 g/mol. The lowest BCUT2D eigenvalue weighted by Gasteiger charge is -2.21. The predicted molar refractivity (Wildman–Crippen MR) is 75.7 cm³/mol. The minimum atomic E-state index is 0.275.